The van der Waals surface area contributed by atoms with Gasteiger partial charge in [-0.05, 0) is 60.3 Å². The first-order chi connectivity index (χ1) is 11.7. The third-order valence-electron chi connectivity index (χ3n) is 4.95. The fourth-order valence-electron chi connectivity index (χ4n) is 3.67. The summed E-state index contributed by atoms with van der Waals surface area (Å²) in [5.74, 6) is 1.52. The number of hydrogen-bond acceptors (Lipinski definition) is 2. The lowest BCUT2D eigenvalue weighted by Gasteiger charge is -2.16. The van der Waals surface area contributed by atoms with Crippen LogP contribution in [0.25, 0.3) is 10.9 Å². The Morgan fingerprint density at radius 2 is 2.04 bits per heavy atom. The van der Waals surface area contributed by atoms with Crippen molar-refractivity contribution in [3.05, 3.63) is 64.3 Å². The van der Waals surface area contributed by atoms with E-state index >= 15 is 0 Å². The van der Waals surface area contributed by atoms with Gasteiger partial charge >= 0.3 is 0 Å². The Labute approximate surface area is 150 Å². The van der Waals surface area contributed by atoms with Gasteiger partial charge in [0, 0.05) is 34.7 Å². The quantitative estimate of drug-likeness (QED) is 0.690. The molecule has 2 heterocycles. The second kappa shape index (κ2) is 6.61. The van der Waals surface area contributed by atoms with Crippen LogP contribution in [0.1, 0.15) is 23.5 Å². The Hall–Kier alpha value is -1.78. The predicted octanol–water partition coefficient (Wildman–Crippen LogP) is 4.93. The lowest BCUT2D eigenvalue weighted by atomic mass is 9.98. The molecule has 3 aromatic rings. The van der Waals surface area contributed by atoms with Crippen molar-refractivity contribution in [3.63, 3.8) is 0 Å². The molecule has 0 amide bonds. The number of hydrogen-bond donors (Lipinski definition) is 1. The van der Waals surface area contributed by atoms with Crippen molar-refractivity contribution in [2.75, 3.05) is 20.2 Å². The number of rotatable bonds is 4. The van der Waals surface area contributed by atoms with E-state index in [4.69, 9.17) is 4.74 Å². The summed E-state index contributed by atoms with van der Waals surface area (Å²) < 4.78 is 6.38. The van der Waals surface area contributed by atoms with Crippen molar-refractivity contribution in [3.8, 4) is 5.75 Å². The number of ether oxygens (including phenoxy) is 1. The van der Waals surface area contributed by atoms with E-state index in [-0.39, 0.29) is 0 Å². The zero-order chi connectivity index (χ0) is 16.5. The molecule has 1 N–H and O–H groups in total. The highest BCUT2D eigenvalue weighted by molar-refractivity contribution is 9.10. The molecule has 3 nitrogen and oxygen atoms in total. The molecule has 1 aliphatic rings. The lowest BCUT2D eigenvalue weighted by molar-refractivity contribution is 0.326. The van der Waals surface area contributed by atoms with Crippen LogP contribution < -0.4 is 4.74 Å². The normalized spacial score (nSPS) is 18.3. The maximum atomic E-state index is 5.23. The number of aromatic amines is 1. The molecule has 124 valence electrons. The zero-order valence-corrected chi connectivity index (χ0v) is 15.3. The minimum absolute atomic E-state index is 0.603. The van der Waals surface area contributed by atoms with Gasteiger partial charge in [0.25, 0.3) is 0 Å². The van der Waals surface area contributed by atoms with Gasteiger partial charge in [-0.15, -0.1) is 0 Å². The van der Waals surface area contributed by atoms with Crippen LogP contribution in [0.15, 0.2) is 53.1 Å². The first-order valence-electron chi connectivity index (χ1n) is 8.35. The Morgan fingerprint density at radius 3 is 2.83 bits per heavy atom. The zero-order valence-electron chi connectivity index (χ0n) is 13.8. The minimum atomic E-state index is 0.603. The molecule has 0 spiro atoms. The van der Waals surface area contributed by atoms with Gasteiger partial charge in [-0.25, -0.2) is 0 Å². The molecule has 1 saturated heterocycles. The van der Waals surface area contributed by atoms with E-state index in [0.29, 0.717) is 5.92 Å². The van der Waals surface area contributed by atoms with Gasteiger partial charge in [-0.2, -0.15) is 0 Å². The standard InChI is InChI=1S/C20H21BrN2O/c1-24-17-5-2-14(3-6-17)12-23-9-8-15(13-23)19-11-22-20-7-4-16(21)10-18(19)20/h2-7,10-11,15,22H,8-9,12-13H2,1H3/t15-/m0/s1. The molecule has 1 atom stereocenters. The monoisotopic (exact) mass is 384 g/mol. The number of benzene rings is 2. The van der Waals surface area contributed by atoms with Crippen molar-refractivity contribution in [2.45, 2.75) is 18.9 Å². The summed E-state index contributed by atoms with van der Waals surface area (Å²) in [6.07, 6.45) is 3.41. The summed E-state index contributed by atoms with van der Waals surface area (Å²) in [5, 5.41) is 1.35. The summed E-state index contributed by atoms with van der Waals surface area (Å²) in [6, 6.07) is 14.9. The first-order valence-corrected chi connectivity index (χ1v) is 9.14. The Morgan fingerprint density at radius 1 is 1.21 bits per heavy atom. The third-order valence-corrected chi connectivity index (χ3v) is 5.45. The number of fused-ring (bicyclic) bond motifs is 1. The highest BCUT2D eigenvalue weighted by Gasteiger charge is 2.25. The number of H-pyrrole nitrogens is 1. The van der Waals surface area contributed by atoms with Crippen molar-refractivity contribution in [1.29, 1.82) is 0 Å². The SMILES string of the molecule is COc1ccc(CN2CC[C@H](c3c[nH]c4ccc(Br)cc34)C2)cc1. The van der Waals surface area contributed by atoms with Gasteiger partial charge < -0.3 is 9.72 Å². The summed E-state index contributed by atoms with van der Waals surface area (Å²) in [6.45, 7) is 3.27. The number of methoxy groups -OCH3 is 1. The van der Waals surface area contributed by atoms with Crippen LogP contribution >= 0.6 is 15.9 Å². The summed E-state index contributed by atoms with van der Waals surface area (Å²) in [7, 11) is 1.71. The predicted molar refractivity (Wildman–Crippen MR) is 102 cm³/mol. The van der Waals surface area contributed by atoms with Crippen LogP contribution in [-0.2, 0) is 6.54 Å². The Kier molecular flexibility index (Phi) is 4.33. The second-order valence-electron chi connectivity index (χ2n) is 6.50. The summed E-state index contributed by atoms with van der Waals surface area (Å²) in [5.41, 5.74) is 4.02. The van der Waals surface area contributed by atoms with Gasteiger partial charge in [0.15, 0.2) is 0 Å². The van der Waals surface area contributed by atoms with Crippen LogP contribution in [0.5, 0.6) is 5.75 Å². The molecular formula is C20H21BrN2O. The molecule has 0 bridgehead atoms. The van der Waals surface area contributed by atoms with E-state index in [1.54, 1.807) is 7.11 Å². The van der Waals surface area contributed by atoms with E-state index in [0.717, 1.165) is 29.9 Å². The minimum Gasteiger partial charge on any atom is -0.497 e. The van der Waals surface area contributed by atoms with Crippen LogP contribution in [0.2, 0.25) is 0 Å². The van der Waals surface area contributed by atoms with Crippen LogP contribution in [0.4, 0.5) is 0 Å². The van der Waals surface area contributed by atoms with E-state index in [2.05, 4.69) is 62.3 Å². The van der Waals surface area contributed by atoms with Crippen LogP contribution in [0.3, 0.4) is 0 Å². The number of likely N-dealkylation sites (tertiary alicyclic amines) is 1. The molecule has 24 heavy (non-hydrogen) atoms. The number of nitrogens with zero attached hydrogens (tertiary/aromatic N) is 1. The van der Waals surface area contributed by atoms with E-state index in [9.17, 15) is 0 Å². The van der Waals surface area contributed by atoms with E-state index < -0.39 is 0 Å². The smallest absolute Gasteiger partial charge is 0.118 e. The van der Waals surface area contributed by atoms with E-state index in [1.165, 1.54) is 28.5 Å². The number of halogens is 1. The molecule has 2 aromatic carbocycles. The molecule has 1 aliphatic heterocycles. The second-order valence-corrected chi connectivity index (χ2v) is 7.42. The summed E-state index contributed by atoms with van der Waals surface area (Å²) in [4.78, 5) is 5.96. The van der Waals surface area contributed by atoms with Crippen LogP contribution in [0, 0.1) is 0 Å². The summed E-state index contributed by atoms with van der Waals surface area (Å²) >= 11 is 3.59. The number of aromatic nitrogens is 1. The molecule has 0 unspecified atom stereocenters. The van der Waals surface area contributed by atoms with Crippen molar-refractivity contribution in [2.24, 2.45) is 0 Å². The van der Waals surface area contributed by atoms with Crippen LogP contribution in [-0.4, -0.2) is 30.1 Å². The molecule has 0 radical (unpaired) electrons. The van der Waals surface area contributed by atoms with Gasteiger partial charge in [0.1, 0.15) is 5.75 Å². The third kappa shape index (κ3) is 3.08. The molecular weight excluding hydrogens is 364 g/mol. The fourth-order valence-corrected chi connectivity index (χ4v) is 4.03. The topological polar surface area (TPSA) is 28.3 Å². The lowest BCUT2D eigenvalue weighted by Crippen LogP contribution is -2.19. The van der Waals surface area contributed by atoms with Crippen molar-refractivity contribution in [1.82, 2.24) is 9.88 Å². The molecule has 0 aliphatic carbocycles. The largest absolute Gasteiger partial charge is 0.497 e. The maximum absolute atomic E-state index is 5.23. The average Bonchev–Trinajstić information content (AvgIpc) is 3.22. The van der Waals surface area contributed by atoms with Gasteiger partial charge in [-0.1, -0.05) is 28.1 Å². The number of nitrogens with one attached hydrogen (secondary N) is 1. The van der Waals surface area contributed by atoms with E-state index in [1.807, 2.05) is 12.1 Å². The highest BCUT2D eigenvalue weighted by atomic mass is 79.9. The fraction of sp³-hybridized carbons (Fsp3) is 0.300. The molecule has 1 fully saturated rings. The van der Waals surface area contributed by atoms with Gasteiger partial charge in [0.05, 0.1) is 7.11 Å². The Balaban J connectivity index is 1.48. The molecule has 4 heteroatoms. The van der Waals surface area contributed by atoms with Crippen molar-refractivity contribution < 1.29 is 4.74 Å². The van der Waals surface area contributed by atoms with Gasteiger partial charge in [-0.3, -0.25) is 4.90 Å². The Bertz CT molecular complexity index is 840. The molecule has 0 saturated carbocycles. The maximum Gasteiger partial charge on any atom is 0.118 e. The average molecular weight is 385 g/mol. The van der Waals surface area contributed by atoms with Gasteiger partial charge in [0.2, 0.25) is 0 Å². The van der Waals surface area contributed by atoms with Crippen molar-refractivity contribution >= 4 is 26.8 Å². The molecule has 4 rings (SSSR count). The first kappa shape index (κ1) is 15.7. The highest BCUT2D eigenvalue weighted by Crippen LogP contribution is 2.34. The molecule has 1 aromatic heterocycles.